The Morgan fingerprint density at radius 3 is 1.62 bits per heavy atom. The summed E-state index contributed by atoms with van der Waals surface area (Å²) in [5.74, 6) is 0. The minimum atomic E-state index is 1.12. The van der Waals surface area contributed by atoms with E-state index in [4.69, 9.17) is 0 Å². The first kappa shape index (κ1) is 32.0. The smallest absolute Gasteiger partial charge is 0.0718 e. The summed E-state index contributed by atoms with van der Waals surface area (Å²) in [5.41, 5.74) is 10.8. The first-order valence-corrected chi connectivity index (χ1v) is 20.3. The van der Waals surface area contributed by atoms with E-state index in [1.54, 1.807) is 0 Å². The molecule has 0 bridgehead atoms. The van der Waals surface area contributed by atoms with Gasteiger partial charge in [0.05, 0.1) is 16.1 Å². The van der Waals surface area contributed by atoms with Gasteiger partial charge in [-0.15, -0.1) is 22.7 Å². The third-order valence-corrected chi connectivity index (χ3v) is 13.2. The minimum Gasteiger partial charge on any atom is -0.308 e. The number of benzene rings is 9. The van der Waals surface area contributed by atoms with Crippen LogP contribution in [0.2, 0.25) is 0 Å². The summed E-state index contributed by atoms with van der Waals surface area (Å²) in [5, 5.41) is 7.65. The fourth-order valence-corrected chi connectivity index (χ4v) is 10.8. The fraction of sp³-hybridized carbons (Fsp3) is 0. The van der Waals surface area contributed by atoms with Crippen LogP contribution in [0.1, 0.15) is 0 Å². The molecule has 0 spiro atoms. The van der Waals surface area contributed by atoms with Crippen molar-refractivity contribution < 1.29 is 0 Å². The molecule has 55 heavy (non-hydrogen) atoms. The minimum absolute atomic E-state index is 1.12. The van der Waals surface area contributed by atoms with Gasteiger partial charge in [0.2, 0.25) is 0 Å². The summed E-state index contributed by atoms with van der Waals surface area (Å²) >= 11 is 3.75. The van der Waals surface area contributed by atoms with Crippen molar-refractivity contribution in [3.05, 3.63) is 200 Å². The molecule has 0 atom stereocenters. The molecule has 3 heteroatoms. The van der Waals surface area contributed by atoms with Crippen molar-refractivity contribution in [3.8, 4) is 33.4 Å². The van der Waals surface area contributed by atoms with Gasteiger partial charge in [0, 0.05) is 52.3 Å². The van der Waals surface area contributed by atoms with Gasteiger partial charge in [-0.1, -0.05) is 164 Å². The van der Waals surface area contributed by atoms with Crippen LogP contribution in [0.4, 0.5) is 17.1 Å². The maximum atomic E-state index is 2.53. The Labute approximate surface area is 327 Å². The predicted molar refractivity (Wildman–Crippen MR) is 241 cm³/mol. The Bertz CT molecular complexity index is 3190. The molecule has 9 aromatic carbocycles. The Morgan fingerprint density at radius 2 is 0.873 bits per heavy atom. The highest BCUT2D eigenvalue weighted by Gasteiger charge is 2.25. The molecule has 0 radical (unpaired) electrons. The van der Waals surface area contributed by atoms with Crippen molar-refractivity contribution in [1.29, 1.82) is 0 Å². The molecule has 258 valence electrons. The average Bonchev–Trinajstić information content (AvgIpc) is 3.84. The van der Waals surface area contributed by atoms with Gasteiger partial charge in [0.15, 0.2) is 0 Å². The zero-order chi connectivity index (χ0) is 36.3. The van der Waals surface area contributed by atoms with Gasteiger partial charge in [-0.3, -0.25) is 0 Å². The normalized spacial score (nSPS) is 11.6. The van der Waals surface area contributed by atoms with Crippen LogP contribution in [0, 0.1) is 0 Å². The Kier molecular flexibility index (Phi) is 7.61. The van der Waals surface area contributed by atoms with E-state index >= 15 is 0 Å². The molecule has 0 saturated carbocycles. The lowest BCUT2D eigenvalue weighted by Crippen LogP contribution is -2.12. The van der Waals surface area contributed by atoms with E-state index in [0.717, 1.165) is 11.4 Å². The lowest BCUT2D eigenvalue weighted by Gasteiger charge is -2.30. The molecule has 0 unspecified atom stereocenters. The first-order chi connectivity index (χ1) is 27.3. The summed E-state index contributed by atoms with van der Waals surface area (Å²) in [6.45, 7) is 0. The highest BCUT2D eigenvalue weighted by atomic mass is 32.1. The van der Waals surface area contributed by atoms with Crippen LogP contribution in [0.5, 0.6) is 0 Å². The molecule has 11 rings (SSSR count). The molecular formula is C52H33NS2. The number of hydrogen-bond donors (Lipinski definition) is 0. The van der Waals surface area contributed by atoms with E-state index in [0.29, 0.717) is 0 Å². The Morgan fingerprint density at radius 1 is 0.309 bits per heavy atom. The quantitative estimate of drug-likeness (QED) is 0.164. The molecule has 0 fully saturated rings. The number of rotatable bonds is 6. The van der Waals surface area contributed by atoms with E-state index in [-0.39, 0.29) is 0 Å². The lowest BCUT2D eigenvalue weighted by molar-refractivity contribution is 1.32. The fourth-order valence-electron chi connectivity index (χ4n) is 8.39. The summed E-state index contributed by atoms with van der Waals surface area (Å²) in [4.78, 5) is 2.53. The van der Waals surface area contributed by atoms with Gasteiger partial charge >= 0.3 is 0 Å². The van der Waals surface area contributed by atoms with Crippen LogP contribution in [0.25, 0.3) is 84.5 Å². The highest BCUT2D eigenvalue weighted by molar-refractivity contribution is 7.26. The second kappa shape index (κ2) is 13.1. The van der Waals surface area contributed by atoms with Crippen molar-refractivity contribution in [2.24, 2.45) is 0 Å². The number of hydrogen-bond acceptors (Lipinski definition) is 3. The summed E-state index contributed by atoms with van der Waals surface area (Å²) in [7, 11) is 0. The van der Waals surface area contributed by atoms with Crippen LogP contribution in [0.3, 0.4) is 0 Å². The molecule has 1 nitrogen and oxygen atoms in total. The highest BCUT2D eigenvalue weighted by Crippen LogP contribution is 2.51. The third kappa shape index (κ3) is 5.27. The lowest BCUT2D eigenvalue weighted by atomic mass is 9.95. The maximum Gasteiger partial charge on any atom is 0.0718 e. The molecule has 0 amide bonds. The van der Waals surface area contributed by atoms with E-state index < -0.39 is 0 Å². The van der Waals surface area contributed by atoms with Crippen LogP contribution < -0.4 is 4.90 Å². The van der Waals surface area contributed by atoms with Crippen molar-refractivity contribution in [1.82, 2.24) is 0 Å². The second-order valence-corrected chi connectivity index (χ2v) is 16.1. The van der Waals surface area contributed by atoms with Crippen molar-refractivity contribution >= 4 is 90.9 Å². The summed E-state index contributed by atoms with van der Waals surface area (Å²) in [6, 6.07) is 73.4. The van der Waals surface area contributed by atoms with Crippen LogP contribution in [0.15, 0.2) is 200 Å². The van der Waals surface area contributed by atoms with Crippen molar-refractivity contribution in [2.75, 3.05) is 4.90 Å². The summed E-state index contributed by atoms with van der Waals surface area (Å²) in [6.07, 6.45) is 0. The molecule has 11 aromatic rings. The first-order valence-electron chi connectivity index (χ1n) is 18.7. The van der Waals surface area contributed by atoms with Gasteiger partial charge in [0.1, 0.15) is 0 Å². The monoisotopic (exact) mass is 735 g/mol. The standard InChI is InChI=1S/C52H33NS2/c1-3-14-34(15-4-1)38-32-33-46(42-19-8-7-18-41(38)42)53(37-28-26-36(27-29-37)39-22-13-25-49-50(39)45-21-10-12-24-48(45)54-49)51-40(35-16-5-2-6-17-35)30-31-44-43-20-9-11-23-47(43)55-52(44)51/h1-33H. The number of thiophene rings is 2. The van der Waals surface area contributed by atoms with Crippen molar-refractivity contribution in [2.45, 2.75) is 0 Å². The zero-order valence-corrected chi connectivity index (χ0v) is 31.4. The molecule has 0 aliphatic heterocycles. The number of fused-ring (bicyclic) bond motifs is 7. The zero-order valence-electron chi connectivity index (χ0n) is 29.8. The summed E-state index contributed by atoms with van der Waals surface area (Å²) < 4.78 is 5.21. The van der Waals surface area contributed by atoms with Gasteiger partial charge in [-0.2, -0.15) is 0 Å². The predicted octanol–water partition coefficient (Wildman–Crippen LogP) is 16.0. The molecular weight excluding hydrogens is 703 g/mol. The van der Waals surface area contributed by atoms with Crippen LogP contribution in [-0.2, 0) is 0 Å². The molecule has 0 saturated heterocycles. The third-order valence-electron chi connectivity index (χ3n) is 10.9. The van der Waals surface area contributed by atoms with Gasteiger partial charge in [-0.25, -0.2) is 0 Å². The van der Waals surface area contributed by atoms with Crippen LogP contribution in [-0.4, -0.2) is 0 Å². The molecule has 0 aliphatic rings. The largest absolute Gasteiger partial charge is 0.308 e. The molecule has 2 heterocycles. The Balaban J connectivity index is 1.20. The SMILES string of the molecule is c1ccc(-c2ccc3c(sc4ccccc43)c2N(c2ccc(-c3cccc4sc5ccccc5c34)cc2)c2ccc(-c3ccccc3)c3ccccc23)cc1. The number of nitrogens with zero attached hydrogens (tertiary/aromatic N) is 1. The molecule has 0 N–H and O–H groups in total. The van der Waals surface area contributed by atoms with E-state index in [1.165, 1.54) is 90.2 Å². The number of anilines is 3. The molecule has 0 aliphatic carbocycles. The van der Waals surface area contributed by atoms with Gasteiger partial charge < -0.3 is 4.90 Å². The topological polar surface area (TPSA) is 3.24 Å². The van der Waals surface area contributed by atoms with E-state index in [2.05, 4.69) is 205 Å². The Hall–Kier alpha value is -6.52. The van der Waals surface area contributed by atoms with Gasteiger partial charge in [-0.05, 0) is 69.6 Å². The maximum absolute atomic E-state index is 2.53. The van der Waals surface area contributed by atoms with E-state index in [9.17, 15) is 0 Å². The van der Waals surface area contributed by atoms with Crippen LogP contribution >= 0.6 is 22.7 Å². The van der Waals surface area contributed by atoms with Crippen molar-refractivity contribution in [3.63, 3.8) is 0 Å². The average molecular weight is 736 g/mol. The molecule has 2 aromatic heterocycles. The van der Waals surface area contributed by atoms with E-state index in [1.807, 2.05) is 22.7 Å². The van der Waals surface area contributed by atoms with Gasteiger partial charge in [0.25, 0.3) is 0 Å². The second-order valence-electron chi connectivity index (χ2n) is 14.0.